The standard InChI is InChI=1S/C17H25NO3/c1-17(2,3)11-7-10-15(19)18-14(12-16(20)21)13-8-5-4-6-9-13/h4-6,8-9,14H,7,10-12H2,1-3H3,(H,18,19)(H,20,21). The largest absolute Gasteiger partial charge is 0.481 e. The van der Waals surface area contributed by atoms with E-state index in [0.29, 0.717) is 6.42 Å². The second-order valence-electron chi connectivity index (χ2n) is 6.54. The minimum Gasteiger partial charge on any atom is -0.481 e. The second-order valence-corrected chi connectivity index (χ2v) is 6.54. The van der Waals surface area contributed by atoms with Crippen molar-refractivity contribution in [3.63, 3.8) is 0 Å². The molecule has 1 unspecified atom stereocenters. The van der Waals surface area contributed by atoms with Gasteiger partial charge in [0.05, 0.1) is 12.5 Å². The predicted octanol–water partition coefficient (Wildman–Crippen LogP) is 3.54. The van der Waals surface area contributed by atoms with E-state index in [1.807, 2.05) is 30.3 Å². The van der Waals surface area contributed by atoms with E-state index in [9.17, 15) is 9.59 Å². The van der Waals surface area contributed by atoms with Crippen LogP contribution in [-0.2, 0) is 9.59 Å². The summed E-state index contributed by atoms with van der Waals surface area (Å²) in [5.41, 5.74) is 1.03. The first kappa shape index (κ1) is 17.2. The molecule has 21 heavy (non-hydrogen) atoms. The molecule has 1 aromatic carbocycles. The van der Waals surface area contributed by atoms with Crippen molar-refractivity contribution >= 4 is 11.9 Å². The molecule has 2 N–H and O–H groups in total. The molecule has 4 nitrogen and oxygen atoms in total. The lowest BCUT2D eigenvalue weighted by atomic mass is 9.90. The van der Waals surface area contributed by atoms with E-state index >= 15 is 0 Å². The van der Waals surface area contributed by atoms with Crippen molar-refractivity contribution in [1.82, 2.24) is 5.32 Å². The van der Waals surface area contributed by atoms with Crippen molar-refractivity contribution in [1.29, 1.82) is 0 Å². The number of carboxylic acids is 1. The van der Waals surface area contributed by atoms with Crippen LogP contribution in [0.15, 0.2) is 30.3 Å². The highest BCUT2D eigenvalue weighted by atomic mass is 16.4. The van der Waals surface area contributed by atoms with Crippen molar-refractivity contribution in [3.8, 4) is 0 Å². The topological polar surface area (TPSA) is 66.4 Å². The summed E-state index contributed by atoms with van der Waals surface area (Å²) in [4.78, 5) is 22.9. The Bertz CT molecular complexity index is 463. The van der Waals surface area contributed by atoms with Crippen LogP contribution < -0.4 is 5.32 Å². The van der Waals surface area contributed by atoms with E-state index in [-0.39, 0.29) is 17.7 Å². The van der Waals surface area contributed by atoms with Crippen LogP contribution in [0.5, 0.6) is 0 Å². The van der Waals surface area contributed by atoms with Gasteiger partial charge >= 0.3 is 5.97 Å². The summed E-state index contributed by atoms with van der Waals surface area (Å²) in [5.74, 6) is -1.01. The molecule has 0 saturated heterocycles. The Kier molecular flexibility index (Phi) is 6.40. The Morgan fingerprint density at radius 3 is 2.33 bits per heavy atom. The minimum atomic E-state index is -0.918. The maximum absolute atomic E-state index is 12.0. The van der Waals surface area contributed by atoms with E-state index in [1.165, 1.54) is 0 Å². The fraction of sp³-hybridized carbons (Fsp3) is 0.529. The number of carbonyl (C=O) groups is 2. The number of amides is 1. The number of carbonyl (C=O) groups excluding carboxylic acids is 1. The fourth-order valence-corrected chi connectivity index (χ4v) is 2.16. The van der Waals surface area contributed by atoms with Crippen LogP contribution in [0, 0.1) is 5.41 Å². The Morgan fingerprint density at radius 1 is 1.19 bits per heavy atom. The lowest BCUT2D eigenvalue weighted by Crippen LogP contribution is -2.30. The van der Waals surface area contributed by atoms with Crippen molar-refractivity contribution < 1.29 is 14.7 Å². The number of carboxylic acid groups (broad SMARTS) is 1. The van der Waals surface area contributed by atoms with Crippen LogP contribution >= 0.6 is 0 Å². The van der Waals surface area contributed by atoms with Gasteiger partial charge in [0.2, 0.25) is 5.91 Å². The smallest absolute Gasteiger partial charge is 0.305 e. The zero-order chi connectivity index (χ0) is 15.9. The molecule has 0 fully saturated rings. The molecule has 4 heteroatoms. The molecular formula is C17H25NO3. The molecule has 0 saturated carbocycles. The summed E-state index contributed by atoms with van der Waals surface area (Å²) in [7, 11) is 0. The van der Waals surface area contributed by atoms with Gasteiger partial charge in [-0.05, 0) is 23.8 Å². The van der Waals surface area contributed by atoms with Crippen LogP contribution in [0.4, 0.5) is 0 Å². The van der Waals surface area contributed by atoms with Crippen molar-refractivity contribution in [2.45, 2.75) is 52.5 Å². The molecule has 116 valence electrons. The summed E-state index contributed by atoms with van der Waals surface area (Å²) < 4.78 is 0. The molecule has 0 radical (unpaired) electrons. The third-order valence-electron chi connectivity index (χ3n) is 3.25. The number of rotatable bonds is 7. The highest BCUT2D eigenvalue weighted by molar-refractivity contribution is 5.77. The molecule has 0 bridgehead atoms. The van der Waals surface area contributed by atoms with Crippen molar-refractivity contribution in [2.75, 3.05) is 0 Å². The first-order valence-electron chi connectivity index (χ1n) is 7.34. The summed E-state index contributed by atoms with van der Waals surface area (Å²) in [6.45, 7) is 6.42. The highest BCUT2D eigenvalue weighted by Crippen LogP contribution is 2.22. The Balaban J connectivity index is 2.57. The number of hydrogen-bond acceptors (Lipinski definition) is 2. The first-order valence-corrected chi connectivity index (χ1v) is 7.34. The lowest BCUT2D eigenvalue weighted by Gasteiger charge is -2.19. The second kappa shape index (κ2) is 7.81. The normalized spacial score (nSPS) is 12.7. The van der Waals surface area contributed by atoms with E-state index in [1.54, 1.807) is 0 Å². The predicted molar refractivity (Wildman–Crippen MR) is 82.9 cm³/mol. The van der Waals surface area contributed by atoms with Gasteiger partial charge < -0.3 is 10.4 Å². The van der Waals surface area contributed by atoms with E-state index < -0.39 is 12.0 Å². The van der Waals surface area contributed by atoms with Crippen molar-refractivity contribution in [3.05, 3.63) is 35.9 Å². The van der Waals surface area contributed by atoms with Crippen LogP contribution in [0.1, 0.15) is 58.1 Å². The van der Waals surface area contributed by atoms with Gasteiger partial charge in [-0.15, -0.1) is 0 Å². The molecule has 0 aliphatic heterocycles. The quantitative estimate of drug-likeness (QED) is 0.807. The summed E-state index contributed by atoms with van der Waals surface area (Å²) in [5, 5.41) is 11.8. The summed E-state index contributed by atoms with van der Waals surface area (Å²) in [6.07, 6.45) is 2.11. The lowest BCUT2D eigenvalue weighted by molar-refractivity contribution is -0.137. The average Bonchev–Trinajstić information content (AvgIpc) is 2.37. The SMILES string of the molecule is CC(C)(C)CCCC(=O)NC(CC(=O)O)c1ccccc1. The van der Waals surface area contributed by atoms with Crippen LogP contribution in [0.2, 0.25) is 0 Å². The molecule has 0 spiro atoms. The van der Waals surface area contributed by atoms with Gasteiger partial charge in [0.15, 0.2) is 0 Å². The molecule has 1 aromatic rings. The van der Waals surface area contributed by atoms with Gasteiger partial charge in [-0.25, -0.2) is 0 Å². The zero-order valence-corrected chi connectivity index (χ0v) is 13.1. The molecule has 0 heterocycles. The van der Waals surface area contributed by atoms with Gasteiger partial charge in [-0.2, -0.15) is 0 Å². The maximum Gasteiger partial charge on any atom is 0.305 e. The summed E-state index contributed by atoms with van der Waals surface area (Å²) >= 11 is 0. The molecule has 1 rings (SSSR count). The zero-order valence-electron chi connectivity index (χ0n) is 13.1. The van der Waals surface area contributed by atoms with Gasteiger partial charge in [0, 0.05) is 6.42 Å². The molecule has 0 aliphatic rings. The Morgan fingerprint density at radius 2 is 1.81 bits per heavy atom. The molecule has 0 aliphatic carbocycles. The van der Waals surface area contributed by atoms with Gasteiger partial charge in [-0.1, -0.05) is 51.1 Å². The Labute approximate surface area is 126 Å². The molecule has 0 aromatic heterocycles. The van der Waals surface area contributed by atoms with Gasteiger partial charge in [-0.3, -0.25) is 9.59 Å². The van der Waals surface area contributed by atoms with Gasteiger partial charge in [0.25, 0.3) is 0 Å². The summed E-state index contributed by atoms with van der Waals surface area (Å²) in [6, 6.07) is 8.76. The monoisotopic (exact) mass is 291 g/mol. The van der Waals surface area contributed by atoms with Crippen LogP contribution in [-0.4, -0.2) is 17.0 Å². The average molecular weight is 291 g/mol. The van der Waals surface area contributed by atoms with E-state index in [4.69, 9.17) is 5.11 Å². The number of benzene rings is 1. The third kappa shape index (κ3) is 7.49. The van der Waals surface area contributed by atoms with Crippen LogP contribution in [0.25, 0.3) is 0 Å². The maximum atomic E-state index is 12.0. The number of aliphatic carboxylic acids is 1. The molecule has 1 atom stereocenters. The van der Waals surface area contributed by atoms with Crippen molar-refractivity contribution in [2.24, 2.45) is 5.41 Å². The van der Waals surface area contributed by atoms with E-state index in [2.05, 4.69) is 26.1 Å². The third-order valence-corrected chi connectivity index (χ3v) is 3.25. The number of nitrogens with one attached hydrogen (secondary N) is 1. The Hall–Kier alpha value is -1.84. The highest BCUT2D eigenvalue weighted by Gasteiger charge is 2.18. The fourth-order valence-electron chi connectivity index (χ4n) is 2.16. The van der Waals surface area contributed by atoms with Gasteiger partial charge in [0.1, 0.15) is 0 Å². The number of hydrogen-bond donors (Lipinski definition) is 2. The minimum absolute atomic E-state index is 0.0886. The molecular weight excluding hydrogens is 266 g/mol. The first-order chi connectivity index (χ1) is 9.78. The molecule has 1 amide bonds. The van der Waals surface area contributed by atoms with Crippen LogP contribution in [0.3, 0.4) is 0 Å². The van der Waals surface area contributed by atoms with E-state index in [0.717, 1.165) is 18.4 Å².